The van der Waals surface area contributed by atoms with Gasteiger partial charge < -0.3 is 9.47 Å². The van der Waals surface area contributed by atoms with Crippen molar-refractivity contribution in [2.75, 3.05) is 12.5 Å². The van der Waals surface area contributed by atoms with Crippen LogP contribution in [-0.4, -0.2) is 59.4 Å². The van der Waals surface area contributed by atoms with Gasteiger partial charge in [-0.25, -0.2) is 0 Å². The number of hydrogen-bond donors (Lipinski definition) is 0. The first-order valence-corrected chi connectivity index (χ1v) is 14.0. The Morgan fingerprint density at radius 2 is 1.00 bits per heavy atom. The highest BCUT2D eigenvalue weighted by Gasteiger charge is 2.39. The number of rotatable bonds is 11. The van der Waals surface area contributed by atoms with E-state index >= 15 is 0 Å². The summed E-state index contributed by atoms with van der Waals surface area (Å²) >= 11 is 0. The first kappa shape index (κ1) is 31.7. The summed E-state index contributed by atoms with van der Waals surface area (Å²) < 4.78 is 143. The van der Waals surface area contributed by atoms with E-state index in [1.807, 2.05) is 0 Å². The molecule has 0 spiro atoms. The van der Waals surface area contributed by atoms with Crippen LogP contribution < -0.4 is 9.47 Å². The molecular weight excluding hydrogens is 586 g/mol. The van der Waals surface area contributed by atoms with Crippen molar-refractivity contribution in [3.63, 3.8) is 0 Å². The lowest BCUT2D eigenvalue weighted by Gasteiger charge is -2.20. The molecule has 0 N–H and O–H groups in total. The van der Waals surface area contributed by atoms with Crippen LogP contribution in [0.1, 0.15) is 24.5 Å². The Labute approximate surface area is 219 Å². The largest absolute Gasteiger partial charge is 0.455 e. The molecule has 39 heavy (non-hydrogen) atoms. The fourth-order valence-corrected chi connectivity index (χ4v) is 3.04. The number of benzene rings is 2. The minimum atomic E-state index is -5.04. The van der Waals surface area contributed by atoms with Gasteiger partial charge >= 0.3 is 32.6 Å². The van der Waals surface area contributed by atoms with Crippen LogP contribution in [0.15, 0.2) is 58.8 Å². The number of oxime groups is 2. The lowest BCUT2D eigenvalue weighted by atomic mass is 10.1. The van der Waals surface area contributed by atoms with E-state index in [1.165, 1.54) is 0 Å². The maximum atomic E-state index is 13.3. The summed E-state index contributed by atoms with van der Waals surface area (Å²) in [5.74, 6) is 0.0781. The molecule has 0 radical (unpaired) electrons. The van der Waals surface area contributed by atoms with Crippen molar-refractivity contribution >= 4 is 31.7 Å². The fourth-order valence-electron chi connectivity index (χ4n) is 2.62. The average molecular weight is 607 g/mol. The van der Waals surface area contributed by atoms with E-state index in [9.17, 15) is 43.2 Å². The zero-order valence-electron chi connectivity index (χ0n) is 20.1. The van der Waals surface area contributed by atoms with Crippen molar-refractivity contribution in [3.8, 4) is 11.5 Å². The van der Waals surface area contributed by atoms with Gasteiger partial charge in [-0.05, 0) is 48.5 Å². The van der Waals surface area contributed by atoms with Gasteiger partial charge in [0.25, 0.3) is 0 Å². The van der Waals surface area contributed by atoms with Crippen molar-refractivity contribution in [2.24, 2.45) is 10.3 Å². The second-order valence-electron chi connectivity index (χ2n) is 7.55. The van der Waals surface area contributed by atoms with E-state index in [0.717, 1.165) is 48.5 Å². The third kappa shape index (κ3) is 10.6. The molecule has 10 nitrogen and oxygen atoms in total. The summed E-state index contributed by atoms with van der Waals surface area (Å²) in [6.45, 7) is 1.63. The van der Waals surface area contributed by atoms with Crippen molar-refractivity contribution in [1.82, 2.24) is 0 Å². The highest BCUT2D eigenvalue weighted by atomic mass is 32.2. The molecule has 2 aromatic rings. The van der Waals surface area contributed by atoms with Gasteiger partial charge in [0.1, 0.15) is 11.5 Å². The first-order chi connectivity index (χ1) is 17.8. The number of nitrogens with zero attached hydrogens (tertiary/aromatic N) is 2. The molecule has 0 aliphatic rings. The zero-order valence-corrected chi connectivity index (χ0v) is 21.8. The summed E-state index contributed by atoms with van der Waals surface area (Å²) in [5, 5.41) is 5.36. The van der Waals surface area contributed by atoms with E-state index in [4.69, 9.17) is 9.47 Å². The first-order valence-electron chi connectivity index (χ1n) is 10.4. The van der Waals surface area contributed by atoms with Gasteiger partial charge in [-0.15, -0.1) is 0 Å². The average Bonchev–Trinajstić information content (AvgIpc) is 2.77. The smallest absolute Gasteiger partial charge is 0.437 e. The third-order valence-electron chi connectivity index (χ3n) is 4.19. The van der Waals surface area contributed by atoms with Gasteiger partial charge in [-0.3, -0.25) is 8.57 Å². The minimum absolute atomic E-state index is 0.0391. The van der Waals surface area contributed by atoms with Crippen LogP contribution in [0.25, 0.3) is 0 Å². The molecule has 0 atom stereocenters. The molecule has 18 heteroatoms. The minimum Gasteiger partial charge on any atom is -0.455 e. The maximum Gasteiger partial charge on any atom is 0.437 e. The van der Waals surface area contributed by atoms with Gasteiger partial charge in [0.05, 0.1) is 12.5 Å². The topological polar surface area (TPSA) is 130 Å². The summed E-state index contributed by atoms with van der Waals surface area (Å²) in [4.78, 5) is 0. The highest BCUT2D eigenvalue weighted by Crippen LogP contribution is 2.27. The van der Waals surface area contributed by atoms with Crippen LogP contribution in [0.2, 0.25) is 0 Å². The van der Waals surface area contributed by atoms with Crippen molar-refractivity contribution in [1.29, 1.82) is 0 Å². The van der Waals surface area contributed by atoms with Crippen molar-refractivity contribution in [2.45, 2.75) is 32.0 Å². The van der Waals surface area contributed by atoms with Gasteiger partial charge in [0, 0.05) is 17.5 Å². The molecular formula is C21H20F6N2O8S2. The van der Waals surface area contributed by atoms with Gasteiger partial charge in [-0.1, -0.05) is 17.2 Å². The van der Waals surface area contributed by atoms with E-state index in [-0.39, 0.29) is 17.9 Å². The Bertz CT molecular complexity index is 1300. The molecule has 0 aromatic heterocycles. The standard InChI is InChI=1S/C21H20F6N2O8S2/c1-4-17(34-15-9-5-13(6-10-15)18(20(22,23)24)28-36-38(2,30)31)35-16-11-7-14(8-12-16)19(21(25,26)27)29-37-39(3,32)33/h5-12,17H,4H2,1-3H3. The summed E-state index contributed by atoms with van der Waals surface area (Å²) in [5.41, 5.74) is -4.26. The quantitative estimate of drug-likeness (QED) is 0.160. The molecule has 0 fully saturated rings. The second-order valence-corrected chi connectivity index (χ2v) is 10.7. The molecule has 0 aliphatic carbocycles. The van der Waals surface area contributed by atoms with E-state index in [0.29, 0.717) is 12.5 Å². The van der Waals surface area contributed by atoms with Gasteiger partial charge in [0.15, 0.2) is 11.4 Å². The lowest BCUT2D eigenvalue weighted by Crippen LogP contribution is -2.25. The number of alkyl halides is 6. The molecule has 0 bridgehead atoms. The fraction of sp³-hybridized carbons (Fsp3) is 0.333. The summed E-state index contributed by atoms with van der Waals surface area (Å²) in [6, 6.07) is 8.30. The third-order valence-corrected chi connectivity index (χ3v) is 4.88. The van der Waals surface area contributed by atoms with Crippen molar-refractivity contribution in [3.05, 3.63) is 59.7 Å². The monoisotopic (exact) mass is 606 g/mol. The summed E-state index contributed by atoms with van der Waals surface area (Å²) in [7, 11) is -8.58. The molecule has 216 valence electrons. The zero-order chi connectivity index (χ0) is 29.6. The molecule has 0 aliphatic heterocycles. The van der Waals surface area contributed by atoms with E-state index in [1.54, 1.807) is 6.92 Å². The Morgan fingerprint density at radius 3 is 1.23 bits per heavy atom. The second kappa shape index (κ2) is 12.1. The number of ether oxygens (including phenoxy) is 2. The molecule has 2 aromatic carbocycles. The Hall–Kier alpha value is -3.54. The molecule has 0 amide bonds. The van der Waals surface area contributed by atoms with Crippen molar-refractivity contribution < 1.29 is 61.2 Å². The Morgan fingerprint density at radius 1 is 0.692 bits per heavy atom. The van der Waals surface area contributed by atoms with Crippen LogP contribution in [0.3, 0.4) is 0 Å². The predicted octanol–water partition coefficient (Wildman–Crippen LogP) is 4.37. The number of halogens is 6. The molecule has 0 saturated heterocycles. The maximum absolute atomic E-state index is 13.3. The molecule has 0 saturated carbocycles. The van der Waals surface area contributed by atoms with E-state index < -0.39 is 61.4 Å². The van der Waals surface area contributed by atoms with Crippen LogP contribution in [0, 0.1) is 0 Å². The Balaban J connectivity index is 2.18. The SMILES string of the molecule is CCC(Oc1ccc(C(=NOS(C)(=O)=O)C(F)(F)F)cc1)Oc1ccc(C(=NOS(C)(=O)=O)C(F)(F)F)cc1. The van der Waals surface area contributed by atoms with Crippen LogP contribution in [0.4, 0.5) is 26.3 Å². The van der Waals surface area contributed by atoms with E-state index in [2.05, 4.69) is 18.9 Å². The lowest BCUT2D eigenvalue weighted by molar-refractivity contribution is -0.0606. The van der Waals surface area contributed by atoms with Crippen LogP contribution >= 0.6 is 0 Å². The molecule has 0 unspecified atom stereocenters. The molecule has 0 heterocycles. The van der Waals surface area contributed by atoms with Gasteiger partial charge in [0.2, 0.25) is 6.29 Å². The van der Waals surface area contributed by atoms with Crippen LogP contribution in [0.5, 0.6) is 11.5 Å². The normalized spacial score (nSPS) is 14.5. The van der Waals surface area contributed by atoms with Crippen LogP contribution in [-0.2, 0) is 28.8 Å². The predicted molar refractivity (Wildman–Crippen MR) is 125 cm³/mol. The Kier molecular flexibility index (Phi) is 9.83. The highest BCUT2D eigenvalue weighted by molar-refractivity contribution is 7.86. The molecule has 2 rings (SSSR count). The van der Waals surface area contributed by atoms with Gasteiger partial charge in [-0.2, -0.15) is 43.2 Å². The number of hydrogen-bond acceptors (Lipinski definition) is 10. The summed E-state index contributed by atoms with van der Waals surface area (Å²) in [6.07, 6.45) is -9.87.